The Labute approximate surface area is 197 Å². The largest absolute Gasteiger partial charge is 0.497 e. The maximum absolute atomic E-state index is 11.2. The van der Waals surface area contributed by atoms with Gasteiger partial charge in [-0.1, -0.05) is 26.0 Å². The zero-order chi connectivity index (χ0) is 23.8. The van der Waals surface area contributed by atoms with Gasteiger partial charge in [0.2, 0.25) is 0 Å². The second-order valence-corrected chi connectivity index (χ2v) is 9.00. The van der Waals surface area contributed by atoms with Crippen LogP contribution in [0.15, 0.2) is 53.5 Å². The molecule has 7 heteroatoms. The lowest BCUT2D eigenvalue weighted by Crippen LogP contribution is -2.53. The second-order valence-electron chi connectivity index (χ2n) is 9.00. The van der Waals surface area contributed by atoms with Crippen molar-refractivity contribution >= 4 is 17.6 Å². The van der Waals surface area contributed by atoms with Crippen LogP contribution >= 0.6 is 0 Å². The van der Waals surface area contributed by atoms with E-state index >= 15 is 0 Å². The molecular formula is C26H36N4O3. The number of piperazine rings is 1. The average molecular weight is 453 g/mol. The lowest BCUT2D eigenvalue weighted by atomic mass is 10.0. The molecule has 1 atom stereocenters. The van der Waals surface area contributed by atoms with Crippen molar-refractivity contribution in [2.45, 2.75) is 39.8 Å². The number of benzene rings is 2. The Balaban J connectivity index is 1.74. The fraction of sp³-hybridized carbons (Fsp3) is 0.462. The SMILES string of the molecule is COc1cccc(CN=C(Nc2ccc(C(=O)O)cc2)N2CCN(C(C)CC(C)C)CC2)c1. The lowest BCUT2D eigenvalue weighted by molar-refractivity contribution is 0.0697. The van der Waals surface area contributed by atoms with Crippen molar-refractivity contribution in [1.29, 1.82) is 0 Å². The Morgan fingerprint density at radius 3 is 2.39 bits per heavy atom. The van der Waals surface area contributed by atoms with E-state index in [2.05, 4.69) is 35.9 Å². The predicted octanol–water partition coefficient (Wildman–Crippen LogP) is 4.41. The normalized spacial score (nSPS) is 16.0. The molecule has 1 aliphatic heterocycles. The number of carbonyl (C=O) groups is 1. The van der Waals surface area contributed by atoms with E-state index in [0.717, 1.165) is 49.1 Å². The molecule has 0 bridgehead atoms. The molecule has 7 nitrogen and oxygen atoms in total. The summed E-state index contributed by atoms with van der Waals surface area (Å²) in [6.45, 7) is 11.1. The minimum atomic E-state index is -0.930. The van der Waals surface area contributed by atoms with Gasteiger partial charge in [-0.15, -0.1) is 0 Å². The van der Waals surface area contributed by atoms with Gasteiger partial charge in [-0.3, -0.25) is 4.90 Å². The molecule has 1 heterocycles. The molecular weight excluding hydrogens is 416 g/mol. The quantitative estimate of drug-likeness (QED) is 0.456. The molecule has 1 saturated heterocycles. The average Bonchev–Trinajstić information content (AvgIpc) is 2.82. The number of anilines is 1. The Morgan fingerprint density at radius 2 is 1.79 bits per heavy atom. The third kappa shape index (κ3) is 7.22. The second kappa shape index (κ2) is 11.7. The van der Waals surface area contributed by atoms with Gasteiger partial charge < -0.3 is 20.1 Å². The number of nitrogens with zero attached hydrogens (tertiary/aromatic N) is 3. The maximum Gasteiger partial charge on any atom is 0.335 e. The number of aliphatic imine (C=N–C) groups is 1. The van der Waals surface area contributed by atoms with Gasteiger partial charge in [0.25, 0.3) is 0 Å². The van der Waals surface area contributed by atoms with Gasteiger partial charge in [0.15, 0.2) is 5.96 Å². The molecule has 0 radical (unpaired) electrons. The molecule has 0 spiro atoms. The van der Waals surface area contributed by atoms with Crippen molar-refractivity contribution in [3.63, 3.8) is 0 Å². The summed E-state index contributed by atoms with van der Waals surface area (Å²) in [7, 11) is 1.66. The molecule has 0 saturated carbocycles. The van der Waals surface area contributed by atoms with E-state index in [1.807, 2.05) is 24.3 Å². The number of ether oxygens (including phenoxy) is 1. The van der Waals surface area contributed by atoms with Crippen molar-refractivity contribution in [1.82, 2.24) is 9.80 Å². The van der Waals surface area contributed by atoms with Gasteiger partial charge in [-0.05, 0) is 61.2 Å². The molecule has 178 valence electrons. The summed E-state index contributed by atoms with van der Waals surface area (Å²) >= 11 is 0. The van der Waals surface area contributed by atoms with Crippen LogP contribution in [0.3, 0.4) is 0 Å². The first-order valence-corrected chi connectivity index (χ1v) is 11.6. The van der Waals surface area contributed by atoms with E-state index in [-0.39, 0.29) is 5.56 Å². The van der Waals surface area contributed by atoms with Crippen LogP contribution in [0.2, 0.25) is 0 Å². The highest BCUT2D eigenvalue weighted by molar-refractivity contribution is 5.94. The first-order valence-electron chi connectivity index (χ1n) is 11.6. The topological polar surface area (TPSA) is 77.4 Å². The monoisotopic (exact) mass is 452 g/mol. The number of hydrogen-bond donors (Lipinski definition) is 2. The third-order valence-electron chi connectivity index (χ3n) is 5.98. The fourth-order valence-electron chi connectivity index (χ4n) is 4.19. The zero-order valence-electron chi connectivity index (χ0n) is 20.1. The summed E-state index contributed by atoms with van der Waals surface area (Å²) in [5.74, 6) is 1.37. The van der Waals surface area contributed by atoms with Gasteiger partial charge in [-0.2, -0.15) is 0 Å². The van der Waals surface area contributed by atoms with E-state index < -0.39 is 5.97 Å². The summed E-state index contributed by atoms with van der Waals surface area (Å²) in [6, 6.07) is 15.3. The van der Waals surface area contributed by atoms with Crippen LogP contribution in [0.4, 0.5) is 5.69 Å². The highest BCUT2D eigenvalue weighted by atomic mass is 16.5. The fourth-order valence-corrected chi connectivity index (χ4v) is 4.19. The van der Waals surface area contributed by atoms with Crippen molar-refractivity contribution in [3.8, 4) is 5.75 Å². The Hall–Kier alpha value is -3.06. The van der Waals surface area contributed by atoms with Crippen molar-refractivity contribution < 1.29 is 14.6 Å². The Bertz CT molecular complexity index is 935. The predicted molar refractivity (Wildman–Crippen MR) is 133 cm³/mol. The third-order valence-corrected chi connectivity index (χ3v) is 5.98. The Kier molecular flexibility index (Phi) is 8.72. The summed E-state index contributed by atoms with van der Waals surface area (Å²) in [5, 5.41) is 12.6. The molecule has 0 aliphatic carbocycles. The smallest absolute Gasteiger partial charge is 0.335 e. The number of methoxy groups -OCH3 is 1. The number of aromatic carboxylic acids is 1. The number of nitrogens with one attached hydrogen (secondary N) is 1. The summed E-state index contributed by atoms with van der Waals surface area (Å²) < 4.78 is 5.34. The molecule has 2 aromatic carbocycles. The maximum atomic E-state index is 11.2. The van der Waals surface area contributed by atoms with Gasteiger partial charge in [0.05, 0.1) is 19.2 Å². The first-order chi connectivity index (χ1) is 15.9. The molecule has 2 aromatic rings. The van der Waals surface area contributed by atoms with Crippen LogP contribution in [0, 0.1) is 5.92 Å². The summed E-state index contributed by atoms with van der Waals surface area (Å²) in [5.41, 5.74) is 2.15. The molecule has 1 fully saturated rings. The summed E-state index contributed by atoms with van der Waals surface area (Å²) in [6.07, 6.45) is 1.20. The molecule has 1 aliphatic rings. The van der Waals surface area contributed by atoms with Crippen molar-refractivity contribution in [2.75, 3.05) is 38.6 Å². The summed E-state index contributed by atoms with van der Waals surface area (Å²) in [4.78, 5) is 20.9. The highest BCUT2D eigenvalue weighted by Gasteiger charge is 2.23. The molecule has 3 rings (SSSR count). The Morgan fingerprint density at radius 1 is 1.09 bits per heavy atom. The van der Waals surface area contributed by atoms with E-state index in [1.54, 1.807) is 31.4 Å². The van der Waals surface area contributed by atoms with Gasteiger partial charge >= 0.3 is 5.97 Å². The minimum absolute atomic E-state index is 0.267. The number of carboxylic acid groups (broad SMARTS) is 1. The zero-order valence-corrected chi connectivity index (χ0v) is 20.1. The van der Waals surface area contributed by atoms with Gasteiger partial charge in [0.1, 0.15) is 5.75 Å². The number of rotatable bonds is 8. The first kappa shape index (κ1) is 24.6. The van der Waals surface area contributed by atoms with Crippen LogP contribution in [-0.2, 0) is 6.54 Å². The van der Waals surface area contributed by atoms with Gasteiger partial charge in [0, 0.05) is 37.9 Å². The molecule has 1 unspecified atom stereocenters. The van der Waals surface area contributed by atoms with E-state index in [1.165, 1.54) is 6.42 Å². The number of hydrogen-bond acceptors (Lipinski definition) is 4. The minimum Gasteiger partial charge on any atom is -0.497 e. The van der Waals surface area contributed by atoms with Crippen molar-refractivity contribution in [3.05, 3.63) is 59.7 Å². The molecule has 2 N–H and O–H groups in total. The number of carboxylic acids is 1. The highest BCUT2D eigenvalue weighted by Crippen LogP contribution is 2.17. The van der Waals surface area contributed by atoms with Crippen LogP contribution in [0.5, 0.6) is 5.75 Å². The van der Waals surface area contributed by atoms with Gasteiger partial charge in [-0.25, -0.2) is 9.79 Å². The van der Waals surface area contributed by atoms with Crippen LogP contribution < -0.4 is 10.1 Å². The lowest BCUT2D eigenvalue weighted by Gasteiger charge is -2.40. The van der Waals surface area contributed by atoms with Crippen molar-refractivity contribution in [2.24, 2.45) is 10.9 Å². The van der Waals surface area contributed by atoms with E-state index in [9.17, 15) is 9.90 Å². The van der Waals surface area contributed by atoms with E-state index in [4.69, 9.17) is 9.73 Å². The molecule has 0 amide bonds. The van der Waals surface area contributed by atoms with Crippen LogP contribution in [-0.4, -0.2) is 66.2 Å². The molecule has 0 aromatic heterocycles. The standard InChI is InChI=1S/C26H36N4O3/c1-19(2)16-20(3)29-12-14-30(15-13-29)26(27-18-21-6-5-7-24(17-21)33-4)28-23-10-8-22(9-11-23)25(31)32/h5-11,17,19-20H,12-16,18H2,1-4H3,(H,27,28)(H,31,32). The molecule has 33 heavy (non-hydrogen) atoms. The number of guanidine groups is 1. The van der Waals surface area contributed by atoms with Crippen LogP contribution in [0.1, 0.15) is 43.1 Å². The van der Waals surface area contributed by atoms with E-state index in [0.29, 0.717) is 18.5 Å². The van der Waals surface area contributed by atoms with Crippen LogP contribution in [0.25, 0.3) is 0 Å².